The van der Waals surface area contributed by atoms with Crippen LogP contribution in [-0.4, -0.2) is 53.2 Å². The molecule has 1 aromatic heterocycles. The Balaban J connectivity index is 1.45. The van der Waals surface area contributed by atoms with Gasteiger partial charge in [-0.2, -0.15) is 0 Å². The Bertz CT molecular complexity index is 1160. The van der Waals surface area contributed by atoms with Crippen molar-refractivity contribution in [3.8, 4) is 5.75 Å². The molecule has 0 radical (unpaired) electrons. The SMILES string of the molecule is COc1ccc(S(=O)(=O)NCC(c2ccco2)N2CCN(c3ccc(F)cc3)CC2)cc1Cl. The van der Waals surface area contributed by atoms with Gasteiger partial charge in [0.05, 0.1) is 29.3 Å². The fourth-order valence-electron chi connectivity index (χ4n) is 3.92. The summed E-state index contributed by atoms with van der Waals surface area (Å²) in [5.41, 5.74) is 0.961. The lowest BCUT2D eigenvalue weighted by Gasteiger charge is -2.39. The van der Waals surface area contributed by atoms with Crippen LogP contribution in [0.5, 0.6) is 5.75 Å². The Hall–Kier alpha value is -2.59. The Morgan fingerprint density at radius 1 is 1.12 bits per heavy atom. The number of ether oxygens (including phenoxy) is 1. The average Bonchev–Trinajstić information content (AvgIpc) is 3.35. The van der Waals surface area contributed by atoms with Crippen molar-refractivity contribution in [2.24, 2.45) is 0 Å². The van der Waals surface area contributed by atoms with E-state index in [1.807, 2.05) is 6.07 Å². The van der Waals surface area contributed by atoms with E-state index in [2.05, 4.69) is 14.5 Å². The summed E-state index contributed by atoms with van der Waals surface area (Å²) in [5.74, 6) is 0.824. The minimum absolute atomic E-state index is 0.0626. The molecule has 4 rings (SSSR count). The van der Waals surface area contributed by atoms with Gasteiger partial charge in [0.2, 0.25) is 10.0 Å². The first-order valence-corrected chi connectivity index (χ1v) is 12.3. The predicted molar refractivity (Wildman–Crippen MR) is 125 cm³/mol. The molecule has 1 N–H and O–H groups in total. The lowest BCUT2D eigenvalue weighted by molar-refractivity contribution is 0.166. The second-order valence-electron chi connectivity index (χ2n) is 7.68. The normalized spacial score (nSPS) is 16.0. The van der Waals surface area contributed by atoms with Crippen LogP contribution in [-0.2, 0) is 10.0 Å². The highest BCUT2D eigenvalue weighted by molar-refractivity contribution is 7.89. The molecule has 2 aromatic carbocycles. The van der Waals surface area contributed by atoms with E-state index in [9.17, 15) is 12.8 Å². The fourth-order valence-corrected chi connectivity index (χ4v) is 5.31. The lowest BCUT2D eigenvalue weighted by atomic mass is 10.1. The number of methoxy groups -OCH3 is 1. The maximum absolute atomic E-state index is 13.2. The number of nitrogens with zero attached hydrogens (tertiary/aromatic N) is 2. The highest BCUT2D eigenvalue weighted by Crippen LogP contribution is 2.28. The van der Waals surface area contributed by atoms with Crippen molar-refractivity contribution in [1.82, 2.24) is 9.62 Å². The van der Waals surface area contributed by atoms with Crippen molar-refractivity contribution >= 4 is 27.3 Å². The zero-order valence-corrected chi connectivity index (χ0v) is 19.7. The van der Waals surface area contributed by atoms with Crippen LogP contribution in [0.2, 0.25) is 5.02 Å². The van der Waals surface area contributed by atoms with Gasteiger partial charge >= 0.3 is 0 Å². The van der Waals surface area contributed by atoms with Crippen LogP contribution in [0.25, 0.3) is 0 Å². The molecular weight excluding hydrogens is 469 g/mol. The third-order valence-electron chi connectivity index (χ3n) is 5.72. The summed E-state index contributed by atoms with van der Waals surface area (Å²) in [6, 6.07) is 14.1. The highest BCUT2D eigenvalue weighted by atomic mass is 35.5. The first-order valence-electron chi connectivity index (χ1n) is 10.5. The van der Waals surface area contributed by atoms with Gasteiger partial charge in [-0.15, -0.1) is 0 Å². The molecule has 1 fully saturated rings. The first kappa shape index (κ1) is 23.6. The summed E-state index contributed by atoms with van der Waals surface area (Å²) in [4.78, 5) is 4.42. The third-order valence-corrected chi connectivity index (χ3v) is 7.44. The quantitative estimate of drug-likeness (QED) is 0.512. The average molecular weight is 494 g/mol. The van der Waals surface area contributed by atoms with Gasteiger partial charge in [-0.05, 0) is 54.6 Å². The zero-order valence-electron chi connectivity index (χ0n) is 18.1. The number of halogens is 2. The van der Waals surface area contributed by atoms with Crippen molar-refractivity contribution in [2.75, 3.05) is 44.7 Å². The highest BCUT2D eigenvalue weighted by Gasteiger charge is 2.29. The van der Waals surface area contributed by atoms with Crippen molar-refractivity contribution in [3.05, 3.63) is 77.5 Å². The molecule has 1 aliphatic rings. The van der Waals surface area contributed by atoms with Gasteiger partial charge in [0, 0.05) is 38.4 Å². The molecular formula is C23H25ClFN3O4S. The predicted octanol–water partition coefficient (Wildman–Crippen LogP) is 3.92. The van der Waals surface area contributed by atoms with E-state index in [1.54, 1.807) is 24.5 Å². The van der Waals surface area contributed by atoms with Crippen molar-refractivity contribution in [2.45, 2.75) is 10.9 Å². The van der Waals surface area contributed by atoms with Crippen molar-refractivity contribution < 1.29 is 22.0 Å². The summed E-state index contributed by atoms with van der Waals surface area (Å²) in [6.45, 7) is 2.97. The molecule has 1 atom stereocenters. The molecule has 10 heteroatoms. The monoisotopic (exact) mass is 493 g/mol. The molecule has 0 saturated carbocycles. The standard InChI is InChI=1S/C23H25ClFN3O4S/c1-31-22-9-8-19(15-20(22)24)33(29,30)26-16-21(23-3-2-14-32-23)28-12-10-27(11-13-28)18-6-4-17(25)5-7-18/h2-9,14-15,21,26H,10-13,16H2,1H3. The number of sulfonamides is 1. The lowest BCUT2D eigenvalue weighted by Crippen LogP contribution is -2.49. The Kier molecular flexibility index (Phi) is 7.23. The molecule has 33 heavy (non-hydrogen) atoms. The van der Waals surface area contributed by atoms with Gasteiger partial charge in [0.25, 0.3) is 0 Å². The van der Waals surface area contributed by atoms with Gasteiger partial charge in [0.1, 0.15) is 17.3 Å². The van der Waals surface area contributed by atoms with E-state index in [-0.39, 0.29) is 28.3 Å². The second kappa shape index (κ2) is 10.1. The van der Waals surface area contributed by atoms with E-state index >= 15 is 0 Å². The van der Waals surface area contributed by atoms with Gasteiger partial charge < -0.3 is 14.1 Å². The summed E-state index contributed by atoms with van der Waals surface area (Å²) in [5, 5.41) is 0.222. The van der Waals surface area contributed by atoms with Gasteiger partial charge in [-0.1, -0.05) is 11.6 Å². The molecule has 1 saturated heterocycles. The summed E-state index contributed by atoms with van der Waals surface area (Å²) in [6.07, 6.45) is 1.58. The van der Waals surface area contributed by atoms with Crippen LogP contribution >= 0.6 is 11.6 Å². The Morgan fingerprint density at radius 3 is 2.45 bits per heavy atom. The van der Waals surface area contributed by atoms with E-state index in [0.717, 1.165) is 18.8 Å². The van der Waals surface area contributed by atoms with Crippen molar-refractivity contribution in [3.63, 3.8) is 0 Å². The molecule has 1 aliphatic heterocycles. The van der Waals surface area contributed by atoms with Crippen molar-refractivity contribution in [1.29, 1.82) is 0 Å². The fraction of sp³-hybridized carbons (Fsp3) is 0.304. The van der Waals surface area contributed by atoms with Gasteiger partial charge in [0.15, 0.2) is 0 Å². The molecule has 0 bridgehead atoms. The summed E-state index contributed by atoms with van der Waals surface area (Å²) in [7, 11) is -2.32. The maximum atomic E-state index is 13.2. The molecule has 7 nitrogen and oxygen atoms in total. The first-order chi connectivity index (χ1) is 15.9. The molecule has 1 unspecified atom stereocenters. The minimum atomic E-state index is -3.79. The molecule has 0 aliphatic carbocycles. The van der Waals surface area contributed by atoms with E-state index < -0.39 is 10.0 Å². The zero-order chi connectivity index (χ0) is 23.4. The number of hydrogen-bond acceptors (Lipinski definition) is 6. The van der Waals surface area contributed by atoms with E-state index in [1.165, 1.54) is 37.4 Å². The number of furan rings is 1. The molecule has 3 aromatic rings. The van der Waals surface area contributed by atoms with Gasteiger partial charge in [-0.3, -0.25) is 4.90 Å². The summed E-state index contributed by atoms with van der Waals surface area (Å²) >= 11 is 6.11. The van der Waals surface area contributed by atoms with Crippen LogP contribution < -0.4 is 14.4 Å². The third kappa shape index (κ3) is 5.50. The number of nitrogens with one attached hydrogen (secondary N) is 1. The maximum Gasteiger partial charge on any atom is 0.240 e. The Morgan fingerprint density at radius 2 is 1.85 bits per heavy atom. The van der Waals surface area contributed by atoms with Crippen LogP contribution in [0.3, 0.4) is 0 Å². The van der Waals surface area contributed by atoms with Crippen LogP contribution in [0.4, 0.5) is 10.1 Å². The van der Waals surface area contributed by atoms with Crippen LogP contribution in [0, 0.1) is 5.82 Å². The van der Waals surface area contributed by atoms with Gasteiger partial charge in [-0.25, -0.2) is 17.5 Å². The number of anilines is 1. The molecule has 176 valence electrons. The number of rotatable bonds is 8. The molecule has 2 heterocycles. The summed E-state index contributed by atoms with van der Waals surface area (Å²) < 4.78 is 52.5. The number of benzene rings is 2. The van der Waals surface area contributed by atoms with Crippen LogP contribution in [0.1, 0.15) is 11.8 Å². The number of piperazine rings is 1. The molecule has 0 spiro atoms. The second-order valence-corrected chi connectivity index (χ2v) is 9.85. The number of hydrogen-bond donors (Lipinski definition) is 1. The van der Waals surface area contributed by atoms with Crippen LogP contribution in [0.15, 0.2) is 70.2 Å². The van der Waals surface area contributed by atoms with E-state index in [0.29, 0.717) is 24.6 Å². The smallest absolute Gasteiger partial charge is 0.240 e. The largest absolute Gasteiger partial charge is 0.495 e. The molecule has 0 amide bonds. The Labute approximate surface area is 197 Å². The minimum Gasteiger partial charge on any atom is -0.495 e. The topological polar surface area (TPSA) is 75.0 Å². The van der Waals surface area contributed by atoms with E-state index in [4.69, 9.17) is 20.8 Å².